The van der Waals surface area contributed by atoms with E-state index in [2.05, 4.69) is 20.8 Å². The van der Waals surface area contributed by atoms with E-state index in [-0.39, 0.29) is 24.7 Å². The van der Waals surface area contributed by atoms with E-state index in [1.165, 1.54) is 19.3 Å². The van der Waals surface area contributed by atoms with E-state index in [9.17, 15) is 0 Å². The Labute approximate surface area is 98.8 Å². The van der Waals surface area contributed by atoms with Crippen molar-refractivity contribution in [3.8, 4) is 0 Å². The molecule has 0 amide bonds. The lowest BCUT2D eigenvalue weighted by Crippen LogP contribution is -2.40. The molecule has 2 N–H and O–H groups in total. The normalized spacial score (nSPS) is 27.4. The van der Waals surface area contributed by atoms with Crippen LogP contribution in [0.2, 0.25) is 0 Å². The summed E-state index contributed by atoms with van der Waals surface area (Å²) in [4.78, 5) is 0. The average Bonchev–Trinajstić information content (AvgIpc) is 2.25. The first-order valence-electron chi connectivity index (χ1n) is 6.36. The van der Waals surface area contributed by atoms with Crippen molar-refractivity contribution in [1.29, 1.82) is 0 Å². The van der Waals surface area contributed by atoms with E-state index in [1.807, 2.05) is 0 Å². The fourth-order valence-electron chi connectivity index (χ4n) is 2.64. The summed E-state index contributed by atoms with van der Waals surface area (Å²) in [6.07, 6.45) is 4.49. The second-order valence-electron chi connectivity index (χ2n) is 5.92. The number of aliphatic hydroxyl groups excluding tert-OH is 2. The zero-order chi connectivity index (χ0) is 12.2. The van der Waals surface area contributed by atoms with Crippen molar-refractivity contribution in [2.24, 2.45) is 11.3 Å². The Morgan fingerprint density at radius 3 is 2.19 bits per heavy atom. The number of aliphatic hydroxyl groups is 2. The van der Waals surface area contributed by atoms with Gasteiger partial charge in [-0.25, -0.2) is 0 Å². The third-order valence-corrected chi connectivity index (χ3v) is 3.59. The summed E-state index contributed by atoms with van der Waals surface area (Å²) in [5.74, 6) is 0.529. The van der Waals surface area contributed by atoms with Crippen LogP contribution in [-0.2, 0) is 4.74 Å². The molecule has 96 valence electrons. The summed E-state index contributed by atoms with van der Waals surface area (Å²) < 4.78 is 5.83. The minimum atomic E-state index is -0.409. The Morgan fingerprint density at radius 2 is 1.69 bits per heavy atom. The van der Waals surface area contributed by atoms with Crippen molar-refractivity contribution in [1.82, 2.24) is 0 Å². The Balaban J connectivity index is 2.60. The Bertz CT molecular complexity index is 194. The van der Waals surface area contributed by atoms with Crippen LogP contribution in [0.5, 0.6) is 0 Å². The van der Waals surface area contributed by atoms with Gasteiger partial charge in [-0.05, 0) is 24.2 Å². The fourth-order valence-corrected chi connectivity index (χ4v) is 2.64. The minimum absolute atomic E-state index is 0.0934. The smallest absolute Gasteiger partial charge is 0.104 e. The van der Waals surface area contributed by atoms with Crippen LogP contribution in [-0.4, -0.2) is 35.6 Å². The van der Waals surface area contributed by atoms with Gasteiger partial charge in [-0.1, -0.05) is 33.6 Å². The number of hydrogen-bond acceptors (Lipinski definition) is 3. The standard InChI is InChI=1S/C13H26O3/c1-13(2,3)11-6-4-5-7-12(11)16-10(8-14)9-15/h10-12,14-15H,4-9H2,1-3H3. The molecule has 3 heteroatoms. The summed E-state index contributed by atoms with van der Waals surface area (Å²) in [7, 11) is 0. The third kappa shape index (κ3) is 3.72. The van der Waals surface area contributed by atoms with Crippen LogP contribution in [0.4, 0.5) is 0 Å². The summed E-state index contributed by atoms with van der Waals surface area (Å²) in [5.41, 5.74) is 0.237. The molecule has 0 bridgehead atoms. The van der Waals surface area contributed by atoms with Gasteiger partial charge in [0, 0.05) is 0 Å². The third-order valence-electron chi connectivity index (χ3n) is 3.59. The first-order chi connectivity index (χ1) is 7.49. The molecule has 1 aliphatic carbocycles. The molecule has 0 radical (unpaired) electrons. The number of rotatable bonds is 4. The molecule has 16 heavy (non-hydrogen) atoms. The molecule has 0 aromatic carbocycles. The quantitative estimate of drug-likeness (QED) is 0.776. The molecule has 2 atom stereocenters. The van der Waals surface area contributed by atoms with Crippen LogP contribution >= 0.6 is 0 Å². The highest BCUT2D eigenvalue weighted by molar-refractivity contribution is 4.85. The van der Waals surface area contributed by atoms with Crippen molar-refractivity contribution in [2.45, 2.75) is 58.7 Å². The van der Waals surface area contributed by atoms with E-state index >= 15 is 0 Å². The SMILES string of the molecule is CC(C)(C)C1CCCCC1OC(CO)CO. The molecule has 0 heterocycles. The first-order valence-corrected chi connectivity index (χ1v) is 6.36. The van der Waals surface area contributed by atoms with Crippen LogP contribution in [0.15, 0.2) is 0 Å². The van der Waals surface area contributed by atoms with Crippen molar-refractivity contribution in [2.75, 3.05) is 13.2 Å². The van der Waals surface area contributed by atoms with Crippen LogP contribution < -0.4 is 0 Å². The molecule has 1 rings (SSSR count). The van der Waals surface area contributed by atoms with Crippen molar-refractivity contribution in [3.05, 3.63) is 0 Å². The van der Waals surface area contributed by atoms with Crippen molar-refractivity contribution in [3.63, 3.8) is 0 Å². The van der Waals surface area contributed by atoms with Crippen LogP contribution in [0, 0.1) is 11.3 Å². The highest BCUT2D eigenvalue weighted by Gasteiger charge is 2.35. The van der Waals surface area contributed by atoms with Crippen LogP contribution in [0.3, 0.4) is 0 Å². The molecule has 1 aliphatic rings. The lowest BCUT2D eigenvalue weighted by molar-refractivity contribution is -0.114. The van der Waals surface area contributed by atoms with Gasteiger partial charge in [-0.15, -0.1) is 0 Å². The number of hydrogen-bond donors (Lipinski definition) is 2. The molecule has 2 unspecified atom stereocenters. The van der Waals surface area contributed by atoms with Gasteiger partial charge in [0.25, 0.3) is 0 Å². The van der Waals surface area contributed by atoms with Gasteiger partial charge >= 0.3 is 0 Å². The van der Waals surface area contributed by atoms with E-state index in [4.69, 9.17) is 14.9 Å². The molecule has 0 aromatic heterocycles. The Morgan fingerprint density at radius 1 is 1.12 bits per heavy atom. The minimum Gasteiger partial charge on any atom is -0.394 e. The highest BCUT2D eigenvalue weighted by atomic mass is 16.5. The van der Waals surface area contributed by atoms with Gasteiger partial charge in [0.05, 0.1) is 19.3 Å². The van der Waals surface area contributed by atoms with Gasteiger partial charge in [0.2, 0.25) is 0 Å². The molecule has 0 aromatic rings. The van der Waals surface area contributed by atoms with E-state index in [0.717, 1.165) is 6.42 Å². The van der Waals surface area contributed by atoms with E-state index in [1.54, 1.807) is 0 Å². The number of ether oxygens (including phenoxy) is 1. The zero-order valence-corrected chi connectivity index (χ0v) is 10.8. The summed E-state index contributed by atoms with van der Waals surface area (Å²) in [6.45, 7) is 6.54. The van der Waals surface area contributed by atoms with Gasteiger partial charge in [0.1, 0.15) is 6.10 Å². The Kier molecular flexibility index (Phi) is 5.22. The topological polar surface area (TPSA) is 49.7 Å². The van der Waals surface area contributed by atoms with Gasteiger partial charge in [-0.2, -0.15) is 0 Å². The van der Waals surface area contributed by atoms with Crippen LogP contribution in [0.25, 0.3) is 0 Å². The molecular weight excluding hydrogens is 204 g/mol. The van der Waals surface area contributed by atoms with Crippen molar-refractivity contribution >= 4 is 0 Å². The molecule has 0 spiro atoms. The monoisotopic (exact) mass is 230 g/mol. The second-order valence-corrected chi connectivity index (χ2v) is 5.92. The Hall–Kier alpha value is -0.120. The molecule has 1 saturated carbocycles. The lowest BCUT2D eigenvalue weighted by Gasteiger charge is -2.41. The maximum atomic E-state index is 9.06. The predicted octanol–water partition coefficient (Wildman–Crippen LogP) is 1.96. The summed E-state index contributed by atoms with van der Waals surface area (Å²) in [5, 5.41) is 18.1. The highest BCUT2D eigenvalue weighted by Crippen LogP contribution is 2.39. The molecule has 0 saturated heterocycles. The maximum absolute atomic E-state index is 9.06. The second kappa shape index (κ2) is 5.99. The molecular formula is C13H26O3. The van der Waals surface area contributed by atoms with Crippen molar-refractivity contribution < 1.29 is 14.9 Å². The van der Waals surface area contributed by atoms with Gasteiger partial charge in [0.15, 0.2) is 0 Å². The van der Waals surface area contributed by atoms with Gasteiger partial charge < -0.3 is 14.9 Å². The summed E-state index contributed by atoms with van der Waals surface area (Å²) in [6, 6.07) is 0. The first kappa shape index (κ1) is 13.9. The average molecular weight is 230 g/mol. The maximum Gasteiger partial charge on any atom is 0.104 e. The van der Waals surface area contributed by atoms with E-state index in [0.29, 0.717) is 5.92 Å². The van der Waals surface area contributed by atoms with Crippen LogP contribution in [0.1, 0.15) is 46.5 Å². The van der Waals surface area contributed by atoms with Gasteiger partial charge in [-0.3, -0.25) is 0 Å². The predicted molar refractivity (Wildman–Crippen MR) is 64.2 cm³/mol. The molecule has 3 nitrogen and oxygen atoms in total. The molecule has 0 aliphatic heterocycles. The summed E-state index contributed by atoms with van der Waals surface area (Å²) >= 11 is 0. The fraction of sp³-hybridized carbons (Fsp3) is 1.00. The largest absolute Gasteiger partial charge is 0.394 e. The lowest BCUT2D eigenvalue weighted by atomic mass is 9.70. The van der Waals surface area contributed by atoms with E-state index < -0.39 is 6.10 Å². The molecule has 1 fully saturated rings. The zero-order valence-electron chi connectivity index (χ0n) is 10.8.